The van der Waals surface area contributed by atoms with Gasteiger partial charge in [-0.2, -0.15) is 0 Å². The molecule has 0 spiro atoms. The fraction of sp³-hybridized carbons (Fsp3) is 0.0984. The summed E-state index contributed by atoms with van der Waals surface area (Å²) in [6.45, 7) is 10.8. The maximum Gasteiger partial charge on any atom is 0.221 e. The Kier molecular flexibility index (Phi) is 9.28. The second-order valence-electron chi connectivity index (χ2n) is 17.9. The molecule has 0 N–H and O–H groups in total. The zero-order valence-corrected chi connectivity index (χ0v) is 37.5. The summed E-state index contributed by atoms with van der Waals surface area (Å²) in [5, 5.41) is 1.13. The number of nitrogens with zero attached hydrogens (tertiary/aromatic N) is 5. The van der Waals surface area contributed by atoms with Gasteiger partial charge in [-0.15, -0.1) is 0 Å². The quantitative estimate of drug-likeness (QED) is 0.152. The van der Waals surface area contributed by atoms with Crippen molar-refractivity contribution in [1.82, 2.24) is 18.5 Å². The molecule has 0 aliphatic heterocycles. The van der Waals surface area contributed by atoms with Gasteiger partial charge < -0.3 is 4.90 Å². The minimum Gasteiger partial charge on any atom is -0.310 e. The Morgan fingerprint density at radius 3 is 1.95 bits per heavy atom. The normalized spacial score (nSPS) is 15.7. The van der Waals surface area contributed by atoms with Crippen molar-refractivity contribution in [1.29, 1.82) is 0 Å². The van der Waals surface area contributed by atoms with Gasteiger partial charge in [-0.05, 0) is 143 Å². The lowest BCUT2D eigenvalue weighted by molar-refractivity contribution is 0.660. The summed E-state index contributed by atoms with van der Waals surface area (Å²) in [4.78, 5) is 7.89. The molecule has 0 unspecified atom stereocenters. The van der Waals surface area contributed by atoms with Crippen LogP contribution in [0.2, 0.25) is 0 Å². The van der Waals surface area contributed by atoms with Crippen LogP contribution in [0.3, 0.4) is 0 Å². The Bertz CT molecular complexity index is 3660. The van der Waals surface area contributed by atoms with E-state index in [0.717, 1.165) is 80.2 Å². The molecular formula is C61H49N5. The molecule has 66 heavy (non-hydrogen) atoms. The van der Waals surface area contributed by atoms with Gasteiger partial charge in [-0.25, -0.2) is 4.98 Å². The average molecular weight is 852 g/mol. The number of imidazole rings is 2. The zero-order chi connectivity index (χ0) is 44.5. The number of fused-ring (bicyclic) bond motifs is 8. The zero-order valence-electron chi connectivity index (χ0n) is 37.5. The van der Waals surface area contributed by atoms with Gasteiger partial charge in [-0.3, -0.25) is 13.5 Å². The van der Waals surface area contributed by atoms with Crippen molar-refractivity contribution in [3.63, 3.8) is 0 Å². The minimum absolute atomic E-state index is 0.108. The topological polar surface area (TPSA) is 30.4 Å². The van der Waals surface area contributed by atoms with E-state index in [1.54, 1.807) is 0 Å². The fourth-order valence-electron chi connectivity index (χ4n) is 10.7. The van der Waals surface area contributed by atoms with Crippen molar-refractivity contribution in [3.8, 4) is 22.5 Å². The van der Waals surface area contributed by atoms with Gasteiger partial charge in [0.05, 0.1) is 16.6 Å². The standard InChI is InChI=1S/C61H49N5/c1-5-18-50-51-37-31-44(39-54(51)61(3,4)53(50)6-2)43-29-34-48(35-30-43)63(47-32-27-42(28-33-47)41-19-10-7-11-20-41)49-36-38-56-57(40-49)65(46-23-14-9-15-24-46)60-62-58-52-25-16-17-26-55(52)64(59(58)66(56)60)45-21-12-8-13-22-45/h5-6,8-10,12-40H,1,7,11H2,2-4H3/b50-18-,53-6+. The predicted octanol–water partition coefficient (Wildman–Crippen LogP) is 16.1. The smallest absolute Gasteiger partial charge is 0.221 e. The molecule has 0 radical (unpaired) electrons. The third-order valence-electron chi connectivity index (χ3n) is 13.8. The van der Waals surface area contributed by atoms with Gasteiger partial charge in [0.25, 0.3) is 0 Å². The molecule has 0 fully saturated rings. The van der Waals surface area contributed by atoms with Crippen LogP contribution in [0.5, 0.6) is 0 Å². The Balaban J connectivity index is 1.04. The summed E-state index contributed by atoms with van der Waals surface area (Å²) in [7, 11) is 0. The molecule has 2 aliphatic rings. The van der Waals surface area contributed by atoms with E-state index in [9.17, 15) is 0 Å². The number of hydrogen-bond donors (Lipinski definition) is 0. The largest absolute Gasteiger partial charge is 0.310 e. The van der Waals surface area contributed by atoms with E-state index in [1.165, 1.54) is 44.5 Å². The highest BCUT2D eigenvalue weighted by atomic mass is 15.3. The first kappa shape index (κ1) is 39.4. The van der Waals surface area contributed by atoms with Crippen molar-refractivity contribution in [2.45, 2.75) is 39.0 Å². The number of anilines is 3. The van der Waals surface area contributed by atoms with E-state index < -0.39 is 0 Å². The van der Waals surface area contributed by atoms with E-state index in [-0.39, 0.29) is 5.41 Å². The molecule has 318 valence electrons. The molecular weight excluding hydrogens is 803 g/mol. The van der Waals surface area contributed by atoms with Crippen LogP contribution in [0.1, 0.15) is 50.3 Å². The molecule has 0 saturated carbocycles. The van der Waals surface area contributed by atoms with Crippen LogP contribution in [0.25, 0.3) is 72.5 Å². The number of aromatic nitrogens is 4. The number of benzene rings is 7. The molecule has 3 heterocycles. The van der Waals surface area contributed by atoms with Crippen LogP contribution < -0.4 is 4.90 Å². The first-order chi connectivity index (χ1) is 32.4. The predicted molar refractivity (Wildman–Crippen MR) is 278 cm³/mol. The van der Waals surface area contributed by atoms with Crippen molar-refractivity contribution in [3.05, 3.63) is 235 Å². The maximum absolute atomic E-state index is 5.51. The molecule has 2 aliphatic carbocycles. The molecule has 12 rings (SSSR count). The molecule has 3 aromatic heterocycles. The average Bonchev–Trinajstić information content (AvgIpc) is 4.06. The molecule has 5 heteroatoms. The SMILES string of the molecule is C=C/C=C1\C(=C/C)C(C)(C)c2cc(-c3ccc(N(c4ccc(C5=CCCC=C5)cc4)c4ccc5c(c4)n(-c4ccccc4)c4nc6c7ccccc7n(-c7ccccc7)c6n54)cc3)ccc21. The third-order valence-corrected chi connectivity index (χ3v) is 13.8. The van der Waals surface area contributed by atoms with Crippen molar-refractivity contribution in [2.24, 2.45) is 0 Å². The summed E-state index contributed by atoms with van der Waals surface area (Å²) < 4.78 is 7.03. The lowest BCUT2D eigenvalue weighted by Crippen LogP contribution is -2.15. The highest BCUT2D eigenvalue weighted by Gasteiger charge is 2.37. The molecule has 0 bridgehead atoms. The highest BCUT2D eigenvalue weighted by molar-refractivity contribution is 6.09. The molecule has 5 nitrogen and oxygen atoms in total. The van der Waals surface area contributed by atoms with Crippen LogP contribution in [0, 0.1) is 0 Å². The molecule has 0 saturated heterocycles. The molecule has 10 aromatic rings. The molecule has 0 amide bonds. The fourth-order valence-corrected chi connectivity index (χ4v) is 10.7. The number of hydrogen-bond acceptors (Lipinski definition) is 2. The summed E-state index contributed by atoms with van der Waals surface area (Å²) in [6, 6.07) is 61.8. The lowest BCUT2D eigenvalue weighted by atomic mass is 9.81. The first-order valence-electron chi connectivity index (χ1n) is 23.0. The van der Waals surface area contributed by atoms with Crippen molar-refractivity contribution in [2.75, 3.05) is 4.90 Å². The number of allylic oxidation sites excluding steroid dienone is 9. The second kappa shape index (κ2) is 15.5. The first-order valence-corrected chi connectivity index (χ1v) is 23.0. The highest BCUT2D eigenvalue weighted by Crippen LogP contribution is 2.51. The molecule has 7 aromatic carbocycles. The van der Waals surface area contributed by atoms with E-state index in [4.69, 9.17) is 4.98 Å². The lowest BCUT2D eigenvalue weighted by Gasteiger charge is -2.26. The Labute approximate surface area is 385 Å². The Morgan fingerprint density at radius 1 is 0.621 bits per heavy atom. The summed E-state index contributed by atoms with van der Waals surface area (Å²) >= 11 is 0. The van der Waals surface area contributed by atoms with Gasteiger partial charge in [-0.1, -0.05) is 148 Å². The van der Waals surface area contributed by atoms with Crippen LogP contribution in [0.15, 0.2) is 218 Å². The van der Waals surface area contributed by atoms with Gasteiger partial charge in [0.15, 0.2) is 5.65 Å². The van der Waals surface area contributed by atoms with E-state index >= 15 is 0 Å². The third kappa shape index (κ3) is 6.11. The van der Waals surface area contributed by atoms with Crippen LogP contribution in [-0.2, 0) is 5.41 Å². The van der Waals surface area contributed by atoms with Crippen LogP contribution in [-0.4, -0.2) is 18.5 Å². The van der Waals surface area contributed by atoms with Crippen molar-refractivity contribution >= 4 is 67.1 Å². The number of para-hydroxylation sites is 3. The van der Waals surface area contributed by atoms with Gasteiger partial charge in [0, 0.05) is 39.2 Å². The van der Waals surface area contributed by atoms with E-state index in [0.29, 0.717) is 0 Å². The van der Waals surface area contributed by atoms with E-state index in [2.05, 4.69) is 246 Å². The summed E-state index contributed by atoms with van der Waals surface area (Å²) in [5.41, 5.74) is 20.7. The van der Waals surface area contributed by atoms with Gasteiger partial charge >= 0.3 is 0 Å². The molecule has 0 atom stereocenters. The maximum atomic E-state index is 5.51. The Morgan fingerprint density at radius 2 is 1.27 bits per heavy atom. The summed E-state index contributed by atoms with van der Waals surface area (Å²) in [6.07, 6.45) is 15.3. The minimum atomic E-state index is -0.108. The number of rotatable bonds is 8. The van der Waals surface area contributed by atoms with Gasteiger partial charge in [0.2, 0.25) is 5.78 Å². The van der Waals surface area contributed by atoms with Crippen LogP contribution >= 0.6 is 0 Å². The second-order valence-corrected chi connectivity index (χ2v) is 17.9. The Hall–Kier alpha value is -8.15. The van der Waals surface area contributed by atoms with Crippen molar-refractivity contribution < 1.29 is 0 Å². The summed E-state index contributed by atoms with van der Waals surface area (Å²) in [5.74, 6) is 0.869. The van der Waals surface area contributed by atoms with E-state index in [1.807, 2.05) is 6.08 Å². The van der Waals surface area contributed by atoms with Crippen LogP contribution in [0.4, 0.5) is 17.1 Å². The van der Waals surface area contributed by atoms with Gasteiger partial charge in [0.1, 0.15) is 5.52 Å². The monoisotopic (exact) mass is 851 g/mol.